The van der Waals surface area contributed by atoms with Gasteiger partial charge in [0.25, 0.3) is 5.56 Å². The average molecular weight is 294 g/mol. The lowest BCUT2D eigenvalue weighted by atomic mass is 10.1. The zero-order valence-electron chi connectivity index (χ0n) is 12.4. The highest BCUT2D eigenvalue weighted by Crippen LogP contribution is 2.19. The van der Waals surface area contributed by atoms with Crippen LogP contribution in [0.1, 0.15) is 18.9 Å². The average Bonchev–Trinajstić information content (AvgIpc) is 2.38. The molecule has 0 amide bonds. The molecule has 0 saturated heterocycles. The summed E-state index contributed by atoms with van der Waals surface area (Å²) in [7, 11) is 4.05. The molecule has 0 unspecified atom stereocenters. The summed E-state index contributed by atoms with van der Waals surface area (Å²) in [4.78, 5) is 19.1. The molecule has 0 aliphatic heterocycles. The van der Waals surface area contributed by atoms with Gasteiger partial charge in [-0.05, 0) is 45.1 Å². The van der Waals surface area contributed by atoms with Gasteiger partial charge in [0.05, 0.1) is 17.2 Å². The number of rotatable bonds is 4. The fourth-order valence-electron chi connectivity index (χ4n) is 2.42. The van der Waals surface area contributed by atoms with E-state index < -0.39 is 0 Å². The summed E-state index contributed by atoms with van der Waals surface area (Å²) in [5.41, 5.74) is 1.63. The van der Waals surface area contributed by atoms with E-state index in [2.05, 4.69) is 16.8 Å². The maximum Gasteiger partial charge on any atom is 0.261 e. The van der Waals surface area contributed by atoms with Crippen LogP contribution in [0.4, 0.5) is 0 Å². The molecule has 4 nitrogen and oxygen atoms in total. The highest BCUT2D eigenvalue weighted by atomic mass is 35.5. The molecule has 108 valence electrons. The first kappa shape index (κ1) is 15.0. The molecule has 0 radical (unpaired) electrons. The van der Waals surface area contributed by atoms with Crippen molar-refractivity contribution in [2.24, 2.45) is 0 Å². The maximum absolute atomic E-state index is 12.6. The number of hydrogen-bond donors (Lipinski definition) is 0. The van der Waals surface area contributed by atoms with Gasteiger partial charge < -0.3 is 4.90 Å². The van der Waals surface area contributed by atoms with E-state index >= 15 is 0 Å². The fraction of sp³-hybridized carbons (Fsp3) is 0.467. The molecular formula is C15H20ClN3O. The molecule has 0 saturated carbocycles. The van der Waals surface area contributed by atoms with E-state index in [1.807, 2.05) is 27.1 Å². The Morgan fingerprint density at radius 2 is 2.10 bits per heavy atom. The lowest BCUT2D eigenvalue weighted by Gasteiger charge is -2.23. The van der Waals surface area contributed by atoms with Gasteiger partial charge in [-0.3, -0.25) is 9.36 Å². The summed E-state index contributed by atoms with van der Waals surface area (Å²) in [5.74, 6) is 0. The minimum atomic E-state index is -0.0269. The van der Waals surface area contributed by atoms with Crippen molar-refractivity contribution in [1.82, 2.24) is 14.5 Å². The molecule has 1 aromatic carbocycles. The third kappa shape index (κ3) is 2.86. The van der Waals surface area contributed by atoms with Gasteiger partial charge in [-0.2, -0.15) is 0 Å². The van der Waals surface area contributed by atoms with Crippen LogP contribution in [0.15, 0.2) is 23.3 Å². The number of fused-ring (bicyclic) bond motifs is 1. The van der Waals surface area contributed by atoms with Crippen molar-refractivity contribution in [3.05, 3.63) is 39.4 Å². The van der Waals surface area contributed by atoms with Gasteiger partial charge in [0.15, 0.2) is 0 Å². The van der Waals surface area contributed by atoms with Crippen molar-refractivity contribution in [3.63, 3.8) is 0 Å². The van der Waals surface area contributed by atoms with E-state index in [4.69, 9.17) is 11.6 Å². The first-order valence-electron chi connectivity index (χ1n) is 6.75. The Labute approximate surface area is 124 Å². The van der Waals surface area contributed by atoms with Crippen LogP contribution in [0.3, 0.4) is 0 Å². The van der Waals surface area contributed by atoms with E-state index in [1.165, 1.54) is 0 Å². The third-order valence-corrected chi connectivity index (χ3v) is 3.91. The van der Waals surface area contributed by atoms with Gasteiger partial charge in [0, 0.05) is 17.6 Å². The lowest BCUT2D eigenvalue weighted by molar-refractivity contribution is 0.255. The lowest BCUT2D eigenvalue weighted by Crippen LogP contribution is -2.35. The minimum Gasteiger partial charge on any atom is -0.305 e. The number of aromatic nitrogens is 2. The molecule has 1 aromatic heterocycles. The smallest absolute Gasteiger partial charge is 0.261 e. The second kappa shape index (κ2) is 5.94. The molecular weight excluding hydrogens is 274 g/mol. The van der Waals surface area contributed by atoms with Crippen molar-refractivity contribution in [3.8, 4) is 0 Å². The number of benzene rings is 1. The van der Waals surface area contributed by atoms with Crippen molar-refractivity contribution in [1.29, 1.82) is 0 Å². The monoisotopic (exact) mass is 293 g/mol. The molecule has 0 N–H and O–H groups in total. The number of hydrogen-bond acceptors (Lipinski definition) is 3. The summed E-state index contributed by atoms with van der Waals surface area (Å²) >= 11 is 6.05. The first-order valence-corrected chi connectivity index (χ1v) is 7.13. The van der Waals surface area contributed by atoms with Crippen LogP contribution in [0, 0.1) is 6.92 Å². The SMILES string of the molecule is CC[C@H](Cn1cnc2c(C)cc(Cl)cc2c1=O)N(C)C. The fourth-order valence-corrected chi connectivity index (χ4v) is 2.69. The molecule has 0 aliphatic rings. The molecule has 0 bridgehead atoms. The number of aryl methyl sites for hydroxylation is 1. The van der Waals surface area contributed by atoms with Crippen molar-refractivity contribution >= 4 is 22.5 Å². The summed E-state index contributed by atoms with van der Waals surface area (Å²) in [5, 5.41) is 1.16. The summed E-state index contributed by atoms with van der Waals surface area (Å²) in [6, 6.07) is 3.84. The van der Waals surface area contributed by atoms with Crippen LogP contribution in [-0.2, 0) is 6.54 Å². The van der Waals surface area contributed by atoms with Gasteiger partial charge in [-0.15, -0.1) is 0 Å². The topological polar surface area (TPSA) is 38.1 Å². The summed E-state index contributed by atoms with van der Waals surface area (Å²) in [6.07, 6.45) is 2.61. The molecule has 20 heavy (non-hydrogen) atoms. The molecule has 0 fully saturated rings. The Morgan fingerprint density at radius 1 is 1.40 bits per heavy atom. The van der Waals surface area contributed by atoms with E-state index in [1.54, 1.807) is 17.0 Å². The van der Waals surface area contributed by atoms with Crippen LogP contribution < -0.4 is 5.56 Å². The number of halogens is 1. The molecule has 2 aromatic rings. The van der Waals surface area contributed by atoms with Crippen molar-refractivity contribution < 1.29 is 0 Å². The van der Waals surface area contributed by atoms with E-state index in [9.17, 15) is 4.79 Å². The Kier molecular flexibility index (Phi) is 4.45. The van der Waals surface area contributed by atoms with Gasteiger partial charge in [-0.1, -0.05) is 18.5 Å². The predicted molar refractivity (Wildman–Crippen MR) is 83.5 cm³/mol. The van der Waals surface area contributed by atoms with Gasteiger partial charge in [-0.25, -0.2) is 4.98 Å². The largest absolute Gasteiger partial charge is 0.305 e. The molecule has 0 aliphatic carbocycles. The summed E-state index contributed by atoms with van der Waals surface area (Å²) < 4.78 is 1.67. The first-order chi connectivity index (χ1) is 9.43. The highest BCUT2D eigenvalue weighted by molar-refractivity contribution is 6.31. The predicted octanol–water partition coefficient (Wildman–Crippen LogP) is 2.70. The molecule has 1 atom stereocenters. The second-order valence-electron chi connectivity index (χ2n) is 5.35. The quantitative estimate of drug-likeness (QED) is 0.870. The zero-order chi connectivity index (χ0) is 14.9. The normalized spacial score (nSPS) is 13.1. The molecule has 5 heteroatoms. The molecule has 2 rings (SSSR count). The van der Waals surface area contributed by atoms with Crippen LogP contribution >= 0.6 is 11.6 Å². The van der Waals surface area contributed by atoms with Crippen LogP contribution in [0.25, 0.3) is 10.9 Å². The standard InChI is InChI=1S/C15H20ClN3O/c1-5-12(18(3)4)8-19-9-17-14-10(2)6-11(16)7-13(14)15(19)20/h6-7,9,12H,5,8H2,1-4H3/t12-/m1/s1. The zero-order valence-corrected chi connectivity index (χ0v) is 13.1. The Bertz CT molecular complexity index is 679. The summed E-state index contributed by atoms with van der Waals surface area (Å²) in [6.45, 7) is 4.67. The number of likely N-dealkylation sites (N-methyl/N-ethyl adjacent to an activating group) is 1. The van der Waals surface area contributed by atoms with Crippen molar-refractivity contribution in [2.75, 3.05) is 14.1 Å². The molecule has 1 heterocycles. The second-order valence-corrected chi connectivity index (χ2v) is 5.78. The van der Waals surface area contributed by atoms with Crippen LogP contribution in [-0.4, -0.2) is 34.6 Å². The Balaban J connectivity index is 2.52. The van der Waals surface area contributed by atoms with Gasteiger partial charge in [0.2, 0.25) is 0 Å². The van der Waals surface area contributed by atoms with Gasteiger partial charge in [0.1, 0.15) is 0 Å². The van der Waals surface area contributed by atoms with Crippen LogP contribution in [0.2, 0.25) is 5.02 Å². The van der Waals surface area contributed by atoms with Crippen molar-refractivity contribution in [2.45, 2.75) is 32.9 Å². The van der Waals surface area contributed by atoms with E-state index in [0.717, 1.165) is 17.5 Å². The van der Waals surface area contributed by atoms with E-state index in [0.29, 0.717) is 23.0 Å². The number of nitrogens with zero attached hydrogens (tertiary/aromatic N) is 3. The highest BCUT2D eigenvalue weighted by Gasteiger charge is 2.13. The minimum absolute atomic E-state index is 0.0269. The van der Waals surface area contributed by atoms with E-state index in [-0.39, 0.29) is 5.56 Å². The third-order valence-electron chi connectivity index (χ3n) is 3.69. The molecule has 0 spiro atoms. The van der Waals surface area contributed by atoms with Gasteiger partial charge >= 0.3 is 0 Å². The Morgan fingerprint density at radius 3 is 2.70 bits per heavy atom. The van der Waals surface area contributed by atoms with Crippen LogP contribution in [0.5, 0.6) is 0 Å². The maximum atomic E-state index is 12.6. The Hall–Kier alpha value is -1.39.